The standard InChI is InChI=1S/C20H16ClF3N2O2S/c1-12-3-6-15(9-17(12)21)26-18(10-19(25-26)20(22,23)24)14-4-7-16(8-5-14)29-11-28-13(2)27/h3-10H,11H2,1-2H3. The van der Waals surface area contributed by atoms with Crippen molar-refractivity contribution in [3.05, 3.63) is 64.8 Å². The van der Waals surface area contributed by atoms with E-state index in [1.807, 2.05) is 6.92 Å². The average Bonchev–Trinajstić information content (AvgIpc) is 3.10. The summed E-state index contributed by atoms with van der Waals surface area (Å²) in [5.74, 6) is -0.221. The van der Waals surface area contributed by atoms with Gasteiger partial charge in [0.05, 0.1) is 11.4 Å². The average molecular weight is 441 g/mol. The summed E-state index contributed by atoms with van der Waals surface area (Å²) in [4.78, 5) is 11.6. The van der Waals surface area contributed by atoms with Crippen LogP contribution in [0.5, 0.6) is 0 Å². The Kier molecular flexibility index (Phi) is 6.24. The molecule has 0 aliphatic rings. The molecule has 3 rings (SSSR count). The topological polar surface area (TPSA) is 44.1 Å². The molecule has 4 nitrogen and oxygen atoms in total. The van der Waals surface area contributed by atoms with Gasteiger partial charge in [-0.05, 0) is 42.8 Å². The number of hydrogen-bond acceptors (Lipinski definition) is 4. The van der Waals surface area contributed by atoms with Gasteiger partial charge in [0.2, 0.25) is 0 Å². The highest BCUT2D eigenvalue weighted by Gasteiger charge is 2.35. The number of carbonyl (C=O) groups excluding carboxylic acids is 1. The minimum absolute atomic E-state index is 0.159. The summed E-state index contributed by atoms with van der Waals surface area (Å²) in [6.07, 6.45) is -4.58. The van der Waals surface area contributed by atoms with Gasteiger partial charge >= 0.3 is 12.1 Å². The van der Waals surface area contributed by atoms with E-state index in [1.165, 1.54) is 23.4 Å². The molecule has 2 aromatic carbocycles. The third-order valence-electron chi connectivity index (χ3n) is 4.04. The van der Waals surface area contributed by atoms with E-state index in [-0.39, 0.29) is 17.6 Å². The zero-order chi connectivity index (χ0) is 21.2. The van der Waals surface area contributed by atoms with Gasteiger partial charge < -0.3 is 4.74 Å². The molecule has 152 valence electrons. The SMILES string of the molecule is CC(=O)OCSc1ccc(-c2cc(C(F)(F)F)nn2-c2ccc(C)c(Cl)c2)cc1. The molecule has 0 N–H and O–H groups in total. The van der Waals surface area contributed by atoms with Crippen LogP contribution in [-0.4, -0.2) is 21.7 Å². The summed E-state index contributed by atoms with van der Waals surface area (Å²) in [6.45, 7) is 3.13. The van der Waals surface area contributed by atoms with Gasteiger partial charge in [0.1, 0.15) is 5.94 Å². The predicted octanol–water partition coefficient (Wildman–Crippen LogP) is 6.13. The number of alkyl halides is 3. The fraction of sp³-hybridized carbons (Fsp3) is 0.200. The Morgan fingerprint density at radius 3 is 2.45 bits per heavy atom. The fourth-order valence-corrected chi connectivity index (χ4v) is 3.40. The fourth-order valence-electron chi connectivity index (χ4n) is 2.54. The number of halogens is 4. The number of benzene rings is 2. The predicted molar refractivity (Wildman–Crippen MR) is 106 cm³/mol. The van der Waals surface area contributed by atoms with Gasteiger partial charge in [-0.25, -0.2) is 4.68 Å². The Bertz CT molecular complexity index is 1030. The van der Waals surface area contributed by atoms with Gasteiger partial charge in [-0.2, -0.15) is 18.3 Å². The van der Waals surface area contributed by atoms with E-state index in [0.29, 0.717) is 16.3 Å². The van der Waals surface area contributed by atoms with E-state index in [0.717, 1.165) is 16.5 Å². The van der Waals surface area contributed by atoms with Crippen LogP contribution < -0.4 is 0 Å². The molecular formula is C20H16ClF3N2O2S. The molecule has 9 heteroatoms. The maximum atomic E-state index is 13.3. The Hall–Kier alpha value is -2.45. The lowest BCUT2D eigenvalue weighted by Gasteiger charge is -2.10. The summed E-state index contributed by atoms with van der Waals surface area (Å²) in [5.41, 5.74) is 1.10. The highest BCUT2D eigenvalue weighted by Crippen LogP contribution is 2.34. The molecule has 1 heterocycles. The van der Waals surface area contributed by atoms with Crippen LogP contribution in [0.2, 0.25) is 5.02 Å². The van der Waals surface area contributed by atoms with Gasteiger partial charge in [-0.1, -0.05) is 41.6 Å². The molecule has 0 unspecified atom stereocenters. The Morgan fingerprint density at radius 2 is 1.86 bits per heavy atom. The molecule has 0 atom stereocenters. The van der Waals surface area contributed by atoms with Crippen LogP contribution in [0.4, 0.5) is 13.2 Å². The molecular weight excluding hydrogens is 425 g/mol. The number of ether oxygens (including phenoxy) is 1. The van der Waals surface area contributed by atoms with Crippen LogP contribution >= 0.6 is 23.4 Å². The molecule has 3 aromatic rings. The third-order valence-corrected chi connectivity index (χ3v) is 5.29. The number of carbonyl (C=O) groups is 1. The van der Waals surface area contributed by atoms with Gasteiger partial charge in [0, 0.05) is 22.4 Å². The summed E-state index contributed by atoms with van der Waals surface area (Å²) >= 11 is 7.45. The Balaban J connectivity index is 1.98. The Labute approximate surface area is 174 Å². The summed E-state index contributed by atoms with van der Waals surface area (Å²) < 4.78 is 45.9. The van der Waals surface area contributed by atoms with Crippen molar-refractivity contribution in [1.82, 2.24) is 9.78 Å². The highest BCUT2D eigenvalue weighted by molar-refractivity contribution is 7.99. The second kappa shape index (κ2) is 8.51. The van der Waals surface area contributed by atoms with Crippen molar-refractivity contribution in [3.8, 4) is 16.9 Å². The monoisotopic (exact) mass is 440 g/mol. The van der Waals surface area contributed by atoms with E-state index in [1.54, 1.807) is 42.5 Å². The lowest BCUT2D eigenvalue weighted by atomic mass is 10.1. The number of hydrogen-bond donors (Lipinski definition) is 0. The van der Waals surface area contributed by atoms with E-state index in [2.05, 4.69) is 5.10 Å². The second-order valence-electron chi connectivity index (χ2n) is 6.18. The largest absolute Gasteiger partial charge is 0.454 e. The summed E-state index contributed by atoms with van der Waals surface area (Å²) in [7, 11) is 0. The van der Waals surface area contributed by atoms with E-state index in [9.17, 15) is 18.0 Å². The van der Waals surface area contributed by atoms with Crippen LogP contribution in [0.15, 0.2) is 53.4 Å². The van der Waals surface area contributed by atoms with Gasteiger partial charge in [-0.3, -0.25) is 4.79 Å². The van der Waals surface area contributed by atoms with Crippen LogP contribution in [0.25, 0.3) is 16.9 Å². The van der Waals surface area contributed by atoms with Crippen molar-refractivity contribution in [2.24, 2.45) is 0 Å². The molecule has 0 aliphatic heterocycles. The minimum Gasteiger partial charge on any atom is -0.454 e. The number of nitrogens with zero attached hydrogens (tertiary/aromatic N) is 2. The van der Waals surface area contributed by atoms with E-state index >= 15 is 0 Å². The first-order chi connectivity index (χ1) is 13.6. The number of aryl methyl sites for hydroxylation is 1. The van der Waals surface area contributed by atoms with E-state index < -0.39 is 11.9 Å². The molecule has 0 radical (unpaired) electrons. The lowest BCUT2D eigenvalue weighted by Crippen LogP contribution is -2.07. The first-order valence-electron chi connectivity index (χ1n) is 8.45. The smallest absolute Gasteiger partial charge is 0.435 e. The zero-order valence-electron chi connectivity index (χ0n) is 15.5. The zero-order valence-corrected chi connectivity index (χ0v) is 17.0. The van der Waals surface area contributed by atoms with Crippen molar-refractivity contribution in [2.75, 3.05) is 5.94 Å². The molecule has 1 aromatic heterocycles. The van der Waals surface area contributed by atoms with E-state index in [4.69, 9.17) is 16.3 Å². The second-order valence-corrected chi connectivity index (χ2v) is 7.58. The number of rotatable bonds is 5. The summed E-state index contributed by atoms with van der Waals surface area (Å²) in [6, 6.07) is 12.9. The molecule has 0 amide bonds. The molecule has 0 fully saturated rings. The first-order valence-corrected chi connectivity index (χ1v) is 9.82. The summed E-state index contributed by atoms with van der Waals surface area (Å²) in [5, 5.41) is 4.20. The van der Waals surface area contributed by atoms with Gasteiger partial charge in [-0.15, -0.1) is 0 Å². The highest BCUT2D eigenvalue weighted by atomic mass is 35.5. The van der Waals surface area contributed by atoms with Crippen molar-refractivity contribution < 1.29 is 22.7 Å². The quantitative estimate of drug-likeness (QED) is 0.272. The van der Waals surface area contributed by atoms with Crippen molar-refractivity contribution >= 4 is 29.3 Å². The third kappa shape index (κ3) is 5.13. The number of esters is 1. The van der Waals surface area contributed by atoms with Gasteiger partial charge in [0.15, 0.2) is 5.69 Å². The molecule has 0 bridgehead atoms. The normalized spacial score (nSPS) is 11.5. The van der Waals surface area contributed by atoms with Crippen molar-refractivity contribution in [2.45, 2.75) is 24.9 Å². The van der Waals surface area contributed by atoms with Crippen LogP contribution in [0.3, 0.4) is 0 Å². The Morgan fingerprint density at radius 1 is 1.17 bits per heavy atom. The van der Waals surface area contributed by atoms with Crippen LogP contribution in [0, 0.1) is 6.92 Å². The first kappa shape index (κ1) is 21.3. The molecule has 0 aliphatic carbocycles. The van der Waals surface area contributed by atoms with Gasteiger partial charge in [0.25, 0.3) is 0 Å². The maximum Gasteiger partial charge on any atom is 0.435 e. The van der Waals surface area contributed by atoms with Crippen LogP contribution in [0.1, 0.15) is 18.2 Å². The molecule has 0 spiro atoms. The lowest BCUT2D eigenvalue weighted by molar-refractivity contribution is -0.141. The molecule has 0 saturated heterocycles. The molecule has 29 heavy (non-hydrogen) atoms. The number of aromatic nitrogens is 2. The van der Waals surface area contributed by atoms with Crippen molar-refractivity contribution in [1.29, 1.82) is 0 Å². The minimum atomic E-state index is -4.58. The molecule has 0 saturated carbocycles. The number of thioether (sulfide) groups is 1. The van der Waals surface area contributed by atoms with Crippen molar-refractivity contribution in [3.63, 3.8) is 0 Å². The maximum absolute atomic E-state index is 13.3. The van der Waals surface area contributed by atoms with Crippen LogP contribution in [-0.2, 0) is 15.7 Å².